The van der Waals surface area contributed by atoms with Gasteiger partial charge in [-0.3, -0.25) is 4.90 Å². The van der Waals surface area contributed by atoms with Crippen LogP contribution in [0.1, 0.15) is 11.1 Å². The van der Waals surface area contributed by atoms with Crippen molar-refractivity contribution in [2.75, 3.05) is 19.0 Å². The summed E-state index contributed by atoms with van der Waals surface area (Å²) in [4.78, 5) is 2.11. The third kappa shape index (κ3) is 2.98. The van der Waals surface area contributed by atoms with Gasteiger partial charge in [-0.2, -0.15) is 0 Å². The topological polar surface area (TPSA) is 7.12 Å². The number of aryl methyl sites for hydroxylation is 1. The molecule has 0 N–H and O–H groups in total. The van der Waals surface area contributed by atoms with Gasteiger partial charge in [-0.25, -0.2) is 4.57 Å². The fourth-order valence-electron chi connectivity index (χ4n) is 1.88. The van der Waals surface area contributed by atoms with Crippen molar-refractivity contribution in [3.63, 3.8) is 0 Å². The SMILES string of the molecule is CN(C)c1cc(C=Cc2ccccc2)cc[n+]1C. The summed E-state index contributed by atoms with van der Waals surface area (Å²) in [5.74, 6) is 1.19. The smallest absolute Gasteiger partial charge is 0.267 e. The molecule has 0 unspecified atom stereocenters. The molecule has 92 valence electrons. The second-order valence-electron chi connectivity index (χ2n) is 4.57. The number of benzene rings is 1. The summed E-state index contributed by atoms with van der Waals surface area (Å²) >= 11 is 0. The second-order valence-corrected chi connectivity index (χ2v) is 4.57. The number of hydrogen-bond acceptors (Lipinski definition) is 1. The minimum absolute atomic E-state index is 1.19. The highest BCUT2D eigenvalue weighted by Gasteiger charge is 2.07. The summed E-state index contributed by atoms with van der Waals surface area (Å²) in [6.07, 6.45) is 6.36. The summed E-state index contributed by atoms with van der Waals surface area (Å²) in [7, 11) is 6.17. The van der Waals surface area contributed by atoms with E-state index in [0.717, 1.165) is 0 Å². The van der Waals surface area contributed by atoms with Crippen LogP contribution in [0.25, 0.3) is 12.2 Å². The predicted molar refractivity (Wildman–Crippen MR) is 77.3 cm³/mol. The van der Waals surface area contributed by atoms with E-state index in [4.69, 9.17) is 0 Å². The highest BCUT2D eigenvalue weighted by Crippen LogP contribution is 2.11. The Kier molecular flexibility index (Phi) is 3.78. The van der Waals surface area contributed by atoms with Gasteiger partial charge in [-0.05, 0) is 17.2 Å². The van der Waals surface area contributed by atoms with Crippen LogP contribution < -0.4 is 9.47 Å². The molecule has 1 aromatic carbocycles. The number of anilines is 1. The van der Waals surface area contributed by atoms with Gasteiger partial charge in [0.2, 0.25) is 0 Å². The van der Waals surface area contributed by atoms with Gasteiger partial charge in [-0.15, -0.1) is 0 Å². The molecule has 0 saturated carbocycles. The molecule has 2 aromatic rings. The number of nitrogens with zero attached hydrogens (tertiary/aromatic N) is 2. The average Bonchev–Trinajstić information content (AvgIpc) is 2.38. The minimum Gasteiger partial charge on any atom is -0.267 e. The first-order valence-corrected chi connectivity index (χ1v) is 6.07. The van der Waals surface area contributed by atoms with E-state index in [1.54, 1.807) is 0 Å². The van der Waals surface area contributed by atoms with Gasteiger partial charge < -0.3 is 0 Å². The molecule has 2 heteroatoms. The van der Waals surface area contributed by atoms with Crippen LogP contribution in [-0.2, 0) is 7.05 Å². The molecule has 1 aromatic heterocycles. The fourth-order valence-corrected chi connectivity index (χ4v) is 1.88. The lowest BCUT2D eigenvalue weighted by atomic mass is 10.1. The van der Waals surface area contributed by atoms with Crippen molar-refractivity contribution in [1.82, 2.24) is 0 Å². The van der Waals surface area contributed by atoms with Crippen LogP contribution in [0.5, 0.6) is 0 Å². The standard InChI is InChI=1S/C16H19N2/c1-17(2)16-13-15(11-12-18(16)3)10-9-14-7-5-4-6-8-14/h4-13H,1-3H3/q+1. The molecular weight excluding hydrogens is 220 g/mol. The Hall–Kier alpha value is -2.09. The maximum atomic E-state index is 2.18. The zero-order valence-electron chi connectivity index (χ0n) is 11.2. The van der Waals surface area contributed by atoms with Gasteiger partial charge >= 0.3 is 0 Å². The Balaban J connectivity index is 2.25. The normalized spacial score (nSPS) is 10.8. The van der Waals surface area contributed by atoms with Gasteiger partial charge in [0.25, 0.3) is 5.82 Å². The Bertz CT molecular complexity index is 542. The lowest BCUT2D eigenvalue weighted by Gasteiger charge is -2.08. The monoisotopic (exact) mass is 239 g/mol. The van der Waals surface area contributed by atoms with Crippen LogP contribution in [0.4, 0.5) is 5.82 Å². The van der Waals surface area contributed by atoms with E-state index in [1.165, 1.54) is 16.9 Å². The van der Waals surface area contributed by atoms with Gasteiger partial charge in [0.05, 0.1) is 27.3 Å². The molecule has 0 amide bonds. The van der Waals surface area contributed by atoms with Gasteiger partial charge in [0, 0.05) is 6.07 Å². The summed E-state index contributed by atoms with van der Waals surface area (Å²) in [5, 5.41) is 0. The van der Waals surface area contributed by atoms with Crippen molar-refractivity contribution in [2.24, 2.45) is 7.05 Å². The molecule has 0 radical (unpaired) electrons. The predicted octanol–water partition coefficient (Wildman–Crippen LogP) is 2.75. The molecule has 0 spiro atoms. The van der Waals surface area contributed by atoms with E-state index in [1.807, 2.05) is 6.07 Å². The molecular formula is C16H19N2+. The number of aromatic nitrogens is 1. The molecule has 0 fully saturated rings. The molecule has 2 rings (SSSR count). The van der Waals surface area contributed by atoms with Gasteiger partial charge in [-0.1, -0.05) is 42.5 Å². The summed E-state index contributed by atoms with van der Waals surface area (Å²) in [6, 6.07) is 14.6. The summed E-state index contributed by atoms with van der Waals surface area (Å²) < 4.78 is 2.11. The fraction of sp³-hybridized carbons (Fsp3) is 0.188. The first kappa shape index (κ1) is 12.4. The maximum Gasteiger partial charge on any atom is 0.276 e. The molecule has 0 bridgehead atoms. The summed E-state index contributed by atoms with van der Waals surface area (Å²) in [5.41, 5.74) is 2.43. The quantitative estimate of drug-likeness (QED) is 0.747. The van der Waals surface area contributed by atoms with E-state index in [2.05, 4.69) is 85.4 Å². The Morgan fingerprint density at radius 2 is 1.61 bits per heavy atom. The van der Waals surface area contributed by atoms with Gasteiger partial charge in [0.15, 0.2) is 0 Å². The van der Waals surface area contributed by atoms with E-state index in [0.29, 0.717) is 0 Å². The molecule has 0 aliphatic carbocycles. The molecule has 0 saturated heterocycles. The van der Waals surface area contributed by atoms with E-state index in [-0.39, 0.29) is 0 Å². The maximum absolute atomic E-state index is 2.18. The van der Waals surface area contributed by atoms with Crippen molar-refractivity contribution in [3.8, 4) is 0 Å². The van der Waals surface area contributed by atoms with Crippen molar-refractivity contribution in [3.05, 3.63) is 59.8 Å². The Morgan fingerprint density at radius 1 is 0.944 bits per heavy atom. The first-order valence-electron chi connectivity index (χ1n) is 6.07. The highest BCUT2D eigenvalue weighted by atomic mass is 15.2. The van der Waals surface area contributed by atoms with Crippen molar-refractivity contribution < 1.29 is 4.57 Å². The van der Waals surface area contributed by atoms with Crippen LogP contribution in [0.2, 0.25) is 0 Å². The first-order chi connectivity index (χ1) is 8.66. The third-order valence-corrected chi connectivity index (χ3v) is 2.87. The number of pyridine rings is 1. The minimum atomic E-state index is 1.19. The lowest BCUT2D eigenvalue weighted by molar-refractivity contribution is -0.658. The van der Waals surface area contributed by atoms with Gasteiger partial charge in [0.1, 0.15) is 0 Å². The molecule has 18 heavy (non-hydrogen) atoms. The lowest BCUT2D eigenvalue weighted by Crippen LogP contribution is -2.35. The van der Waals surface area contributed by atoms with E-state index in [9.17, 15) is 0 Å². The zero-order chi connectivity index (χ0) is 13.0. The van der Waals surface area contributed by atoms with Crippen molar-refractivity contribution in [2.45, 2.75) is 0 Å². The van der Waals surface area contributed by atoms with Crippen LogP contribution in [0.3, 0.4) is 0 Å². The third-order valence-electron chi connectivity index (χ3n) is 2.87. The van der Waals surface area contributed by atoms with Crippen LogP contribution >= 0.6 is 0 Å². The summed E-state index contributed by atoms with van der Waals surface area (Å²) in [6.45, 7) is 0. The molecule has 2 nitrogen and oxygen atoms in total. The Labute approximate surface area is 109 Å². The molecule has 1 heterocycles. The number of hydrogen-bond donors (Lipinski definition) is 0. The molecule has 0 aliphatic heterocycles. The van der Waals surface area contributed by atoms with E-state index < -0.39 is 0 Å². The molecule has 0 aliphatic rings. The van der Waals surface area contributed by atoms with Crippen molar-refractivity contribution >= 4 is 18.0 Å². The van der Waals surface area contributed by atoms with Crippen LogP contribution in [-0.4, -0.2) is 14.1 Å². The zero-order valence-corrected chi connectivity index (χ0v) is 11.2. The largest absolute Gasteiger partial charge is 0.276 e. The Morgan fingerprint density at radius 3 is 2.28 bits per heavy atom. The number of rotatable bonds is 3. The van der Waals surface area contributed by atoms with E-state index >= 15 is 0 Å². The molecule has 0 atom stereocenters. The van der Waals surface area contributed by atoms with Crippen LogP contribution in [0, 0.1) is 0 Å². The second kappa shape index (κ2) is 5.50. The van der Waals surface area contributed by atoms with Crippen LogP contribution in [0.15, 0.2) is 48.7 Å². The average molecular weight is 239 g/mol. The van der Waals surface area contributed by atoms with Crippen molar-refractivity contribution in [1.29, 1.82) is 0 Å². The highest BCUT2D eigenvalue weighted by molar-refractivity contribution is 5.70.